The van der Waals surface area contributed by atoms with Crippen LogP contribution in [0.2, 0.25) is 0 Å². The Hall–Kier alpha value is -1.01. The molecule has 1 aliphatic rings. The van der Waals surface area contributed by atoms with Crippen molar-refractivity contribution in [2.45, 2.75) is 19.1 Å². The fourth-order valence-corrected chi connectivity index (χ4v) is 2.20. The second-order valence-electron chi connectivity index (χ2n) is 4.95. The molecule has 1 unspecified atom stereocenters. The Balaban J connectivity index is 1.69. The maximum atomic E-state index is 10.0. The number of nitrogens with one attached hydrogen (secondary N) is 1. The van der Waals surface area contributed by atoms with Crippen molar-refractivity contribution in [2.75, 3.05) is 39.4 Å². The first-order valence-corrected chi connectivity index (χ1v) is 6.88. The lowest BCUT2D eigenvalue weighted by Gasteiger charge is -2.29. The summed E-state index contributed by atoms with van der Waals surface area (Å²) in [6.45, 7) is 6.69. The number of hydrogen-bond donors (Lipinski definition) is 2. The number of aliphatic hydroxyl groups is 1. The highest BCUT2D eigenvalue weighted by Gasteiger charge is 2.15. The predicted molar refractivity (Wildman–Crippen MR) is 73.9 cm³/mol. The van der Waals surface area contributed by atoms with Crippen LogP contribution in [-0.2, 0) is 4.74 Å². The number of aliphatic hydroxyl groups excluding tert-OH is 1. The van der Waals surface area contributed by atoms with E-state index < -0.39 is 0 Å². The number of β-amino-alcohol motifs (C(OH)–C–C–N with tert-alkyl or cyclic N) is 1. The monoisotopic (exact) mass is 265 g/mol. The molecule has 0 aromatic carbocycles. The number of nitrogens with zero attached hydrogens (tertiary/aromatic N) is 2. The molecule has 0 bridgehead atoms. The molecule has 5 nitrogen and oxygen atoms in total. The lowest BCUT2D eigenvalue weighted by Crippen LogP contribution is -2.44. The number of pyridine rings is 1. The Kier molecular flexibility index (Phi) is 5.72. The molecule has 1 aliphatic heterocycles. The molecule has 1 aromatic heterocycles. The van der Waals surface area contributed by atoms with Gasteiger partial charge in [0.05, 0.1) is 25.0 Å². The Morgan fingerprint density at radius 1 is 1.42 bits per heavy atom. The lowest BCUT2D eigenvalue weighted by atomic mass is 10.2. The van der Waals surface area contributed by atoms with Gasteiger partial charge in [0, 0.05) is 38.4 Å². The van der Waals surface area contributed by atoms with Crippen molar-refractivity contribution in [3.63, 3.8) is 0 Å². The SMILES string of the molecule is C[C@H](NCC(O)CN1CCOCC1)c1ccccn1. The van der Waals surface area contributed by atoms with Gasteiger partial charge in [-0.2, -0.15) is 0 Å². The molecule has 0 aliphatic carbocycles. The number of hydrogen-bond acceptors (Lipinski definition) is 5. The number of morpholine rings is 1. The van der Waals surface area contributed by atoms with E-state index in [4.69, 9.17) is 4.74 Å². The molecule has 5 heteroatoms. The van der Waals surface area contributed by atoms with Crippen LogP contribution in [0.4, 0.5) is 0 Å². The molecule has 0 saturated carbocycles. The normalized spacial score (nSPS) is 20.1. The fourth-order valence-electron chi connectivity index (χ4n) is 2.20. The summed E-state index contributed by atoms with van der Waals surface area (Å²) in [6.07, 6.45) is 1.43. The van der Waals surface area contributed by atoms with Crippen LogP contribution >= 0.6 is 0 Å². The zero-order valence-corrected chi connectivity index (χ0v) is 11.5. The topological polar surface area (TPSA) is 57.6 Å². The van der Waals surface area contributed by atoms with Crippen molar-refractivity contribution in [3.8, 4) is 0 Å². The zero-order chi connectivity index (χ0) is 13.5. The molecule has 0 radical (unpaired) electrons. The van der Waals surface area contributed by atoms with Gasteiger partial charge >= 0.3 is 0 Å². The third kappa shape index (κ3) is 4.87. The third-order valence-electron chi connectivity index (χ3n) is 3.36. The molecule has 1 fully saturated rings. The molecular weight excluding hydrogens is 242 g/mol. The molecule has 106 valence electrons. The van der Waals surface area contributed by atoms with E-state index in [9.17, 15) is 5.11 Å². The van der Waals surface area contributed by atoms with Gasteiger partial charge in [0.25, 0.3) is 0 Å². The predicted octanol–water partition coefficient (Wildman–Crippen LogP) is 0.425. The summed E-state index contributed by atoms with van der Waals surface area (Å²) in [7, 11) is 0. The van der Waals surface area contributed by atoms with Gasteiger partial charge < -0.3 is 15.2 Å². The molecule has 2 atom stereocenters. The standard InChI is InChI=1S/C14H23N3O2/c1-12(14-4-2-3-5-15-14)16-10-13(18)11-17-6-8-19-9-7-17/h2-5,12-13,16,18H,6-11H2,1H3/t12-,13?/m0/s1. The van der Waals surface area contributed by atoms with Crippen LogP contribution in [0.1, 0.15) is 18.7 Å². The number of aromatic nitrogens is 1. The maximum absolute atomic E-state index is 10.0. The van der Waals surface area contributed by atoms with Crippen LogP contribution in [0, 0.1) is 0 Å². The Bertz CT molecular complexity index is 355. The smallest absolute Gasteiger partial charge is 0.0791 e. The van der Waals surface area contributed by atoms with Gasteiger partial charge in [-0.1, -0.05) is 6.07 Å². The lowest BCUT2D eigenvalue weighted by molar-refractivity contribution is 0.0145. The van der Waals surface area contributed by atoms with Gasteiger partial charge in [0.1, 0.15) is 0 Å². The van der Waals surface area contributed by atoms with Crippen molar-refractivity contribution < 1.29 is 9.84 Å². The first kappa shape index (κ1) is 14.4. The highest BCUT2D eigenvalue weighted by molar-refractivity contribution is 5.07. The van der Waals surface area contributed by atoms with E-state index >= 15 is 0 Å². The first-order valence-electron chi connectivity index (χ1n) is 6.88. The van der Waals surface area contributed by atoms with Crippen LogP contribution in [-0.4, -0.2) is 60.5 Å². The van der Waals surface area contributed by atoms with E-state index in [0.29, 0.717) is 13.1 Å². The number of ether oxygens (including phenoxy) is 1. The van der Waals surface area contributed by atoms with E-state index in [2.05, 4.69) is 22.1 Å². The largest absolute Gasteiger partial charge is 0.390 e. The minimum atomic E-state index is -0.357. The van der Waals surface area contributed by atoms with Crippen molar-refractivity contribution in [1.82, 2.24) is 15.2 Å². The summed E-state index contributed by atoms with van der Waals surface area (Å²) in [5.74, 6) is 0. The van der Waals surface area contributed by atoms with E-state index in [-0.39, 0.29) is 12.1 Å². The minimum absolute atomic E-state index is 0.153. The maximum Gasteiger partial charge on any atom is 0.0791 e. The van der Waals surface area contributed by atoms with E-state index in [1.807, 2.05) is 18.2 Å². The Labute approximate surface area is 114 Å². The zero-order valence-electron chi connectivity index (χ0n) is 11.5. The number of rotatable bonds is 6. The van der Waals surface area contributed by atoms with Gasteiger partial charge in [-0.3, -0.25) is 9.88 Å². The van der Waals surface area contributed by atoms with Gasteiger partial charge in [0.15, 0.2) is 0 Å². The molecule has 1 aromatic rings. The van der Waals surface area contributed by atoms with Crippen LogP contribution in [0.3, 0.4) is 0 Å². The van der Waals surface area contributed by atoms with E-state index in [1.165, 1.54) is 0 Å². The summed E-state index contributed by atoms with van der Waals surface area (Å²) in [5, 5.41) is 13.3. The van der Waals surface area contributed by atoms with Crippen LogP contribution in [0.15, 0.2) is 24.4 Å². The van der Waals surface area contributed by atoms with Crippen LogP contribution < -0.4 is 5.32 Å². The van der Waals surface area contributed by atoms with Crippen LogP contribution in [0.25, 0.3) is 0 Å². The average molecular weight is 265 g/mol. The van der Waals surface area contributed by atoms with E-state index in [1.54, 1.807) is 6.20 Å². The summed E-state index contributed by atoms with van der Waals surface area (Å²) in [5.41, 5.74) is 1.00. The molecule has 2 rings (SSSR count). The summed E-state index contributed by atoms with van der Waals surface area (Å²) >= 11 is 0. The first-order chi connectivity index (χ1) is 9.25. The van der Waals surface area contributed by atoms with Crippen molar-refractivity contribution in [1.29, 1.82) is 0 Å². The van der Waals surface area contributed by atoms with Gasteiger partial charge in [0.2, 0.25) is 0 Å². The van der Waals surface area contributed by atoms with Gasteiger partial charge in [-0.05, 0) is 19.1 Å². The van der Waals surface area contributed by atoms with Crippen molar-refractivity contribution >= 4 is 0 Å². The second kappa shape index (κ2) is 7.55. The quantitative estimate of drug-likeness (QED) is 0.781. The third-order valence-corrected chi connectivity index (χ3v) is 3.36. The van der Waals surface area contributed by atoms with E-state index in [0.717, 1.165) is 32.0 Å². The van der Waals surface area contributed by atoms with Gasteiger partial charge in [-0.25, -0.2) is 0 Å². The van der Waals surface area contributed by atoms with Crippen molar-refractivity contribution in [2.24, 2.45) is 0 Å². The molecule has 0 amide bonds. The molecular formula is C14H23N3O2. The fraction of sp³-hybridized carbons (Fsp3) is 0.643. The van der Waals surface area contributed by atoms with Crippen molar-refractivity contribution in [3.05, 3.63) is 30.1 Å². The molecule has 0 spiro atoms. The second-order valence-corrected chi connectivity index (χ2v) is 4.95. The molecule has 1 saturated heterocycles. The summed E-state index contributed by atoms with van der Waals surface area (Å²) in [4.78, 5) is 6.54. The van der Waals surface area contributed by atoms with Gasteiger partial charge in [-0.15, -0.1) is 0 Å². The summed E-state index contributed by atoms with van der Waals surface area (Å²) in [6, 6.07) is 6.03. The Morgan fingerprint density at radius 3 is 2.89 bits per heavy atom. The molecule has 2 heterocycles. The highest BCUT2D eigenvalue weighted by atomic mass is 16.5. The average Bonchev–Trinajstić information content (AvgIpc) is 2.47. The Morgan fingerprint density at radius 2 is 2.21 bits per heavy atom. The van der Waals surface area contributed by atoms with Crippen LogP contribution in [0.5, 0.6) is 0 Å². The molecule has 19 heavy (non-hydrogen) atoms. The highest BCUT2D eigenvalue weighted by Crippen LogP contribution is 2.07. The molecule has 2 N–H and O–H groups in total. The summed E-state index contributed by atoms with van der Waals surface area (Å²) < 4.78 is 5.29. The minimum Gasteiger partial charge on any atom is -0.390 e.